The molecule has 1 aromatic carbocycles. The zero-order valence-electron chi connectivity index (χ0n) is 10.00. The van der Waals surface area contributed by atoms with Gasteiger partial charge >= 0.3 is 0 Å². The lowest BCUT2D eigenvalue weighted by Gasteiger charge is -2.27. The van der Waals surface area contributed by atoms with Gasteiger partial charge in [0.25, 0.3) is 0 Å². The van der Waals surface area contributed by atoms with Crippen molar-refractivity contribution in [3.63, 3.8) is 0 Å². The smallest absolute Gasteiger partial charge is 0.246 e. The molecule has 2 N–H and O–H groups in total. The van der Waals surface area contributed by atoms with Crippen LogP contribution in [0, 0.1) is 0 Å². The topological polar surface area (TPSA) is 61.4 Å². The summed E-state index contributed by atoms with van der Waals surface area (Å²) in [5, 5.41) is 5.36. The Morgan fingerprint density at radius 3 is 2.56 bits per heavy atom. The monoisotopic (exact) mass is 311 g/mol. The van der Waals surface area contributed by atoms with E-state index in [1.54, 1.807) is 4.90 Å². The molecule has 0 bridgehead atoms. The molecule has 1 fully saturated rings. The standard InChI is InChI=1S/C12H14BrN3O2/c1-14-5-8-2-3-9(4-10(8)13)16-6-11(17)15-12(18)7-16/h2-4,14H,5-7H2,1H3,(H,15,17,18). The first-order valence-corrected chi connectivity index (χ1v) is 6.40. The van der Waals surface area contributed by atoms with Gasteiger partial charge in [0.15, 0.2) is 0 Å². The number of halogens is 1. The van der Waals surface area contributed by atoms with Gasteiger partial charge in [-0.25, -0.2) is 0 Å². The average Bonchev–Trinajstić information content (AvgIpc) is 2.30. The average molecular weight is 312 g/mol. The summed E-state index contributed by atoms with van der Waals surface area (Å²) in [5.74, 6) is -0.525. The molecule has 0 aromatic heterocycles. The van der Waals surface area contributed by atoms with Gasteiger partial charge in [0.2, 0.25) is 11.8 Å². The minimum atomic E-state index is -0.262. The van der Waals surface area contributed by atoms with E-state index in [1.165, 1.54) is 0 Å². The van der Waals surface area contributed by atoms with Gasteiger partial charge in [0.1, 0.15) is 0 Å². The predicted octanol–water partition coefficient (Wildman–Crippen LogP) is 0.631. The molecule has 0 spiro atoms. The Labute approximate surface area is 114 Å². The van der Waals surface area contributed by atoms with E-state index >= 15 is 0 Å². The number of anilines is 1. The molecule has 18 heavy (non-hydrogen) atoms. The molecular weight excluding hydrogens is 298 g/mol. The first-order valence-electron chi connectivity index (χ1n) is 5.61. The van der Waals surface area contributed by atoms with Crippen molar-refractivity contribution in [1.82, 2.24) is 10.6 Å². The van der Waals surface area contributed by atoms with Crippen molar-refractivity contribution in [2.45, 2.75) is 6.54 Å². The van der Waals surface area contributed by atoms with Gasteiger partial charge in [0.05, 0.1) is 13.1 Å². The van der Waals surface area contributed by atoms with Gasteiger partial charge in [-0.15, -0.1) is 0 Å². The summed E-state index contributed by atoms with van der Waals surface area (Å²) in [6, 6.07) is 5.83. The van der Waals surface area contributed by atoms with Gasteiger partial charge in [-0.2, -0.15) is 0 Å². The Hall–Kier alpha value is -1.40. The Morgan fingerprint density at radius 1 is 1.33 bits per heavy atom. The molecule has 1 aliphatic rings. The largest absolute Gasteiger partial charge is 0.353 e. The normalized spacial score (nSPS) is 15.8. The SMILES string of the molecule is CNCc1ccc(N2CC(=O)NC(=O)C2)cc1Br. The van der Waals surface area contributed by atoms with E-state index in [2.05, 4.69) is 26.6 Å². The zero-order valence-corrected chi connectivity index (χ0v) is 11.6. The summed E-state index contributed by atoms with van der Waals surface area (Å²) in [7, 11) is 1.88. The Balaban J connectivity index is 2.20. The number of amides is 2. The Kier molecular flexibility index (Phi) is 3.98. The van der Waals surface area contributed by atoms with E-state index in [-0.39, 0.29) is 24.9 Å². The predicted molar refractivity (Wildman–Crippen MR) is 72.3 cm³/mol. The van der Waals surface area contributed by atoms with Gasteiger partial charge in [-0.05, 0) is 24.7 Å². The number of hydrogen-bond acceptors (Lipinski definition) is 4. The third kappa shape index (κ3) is 2.88. The summed E-state index contributed by atoms with van der Waals surface area (Å²) in [6.07, 6.45) is 0. The van der Waals surface area contributed by atoms with Crippen LogP contribution in [0.5, 0.6) is 0 Å². The van der Waals surface area contributed by atoms with Gasteiger partial charge < -0.3 is 10.2 Å². The number of carbonyl (C=O) groups excluding carboxylic acids is 2. The first-order chi connectivity index (χ1) is 8.60. The van der Waals surface area contributed by atoms with E-state index in [0.29, 0.717) is 0 Å². The number of piperazine rings is 1. The zero-order chi connectivity index (χ0) is 13.1. The highest BCUT2D eigenvalue weighted by molar-refractivity contribution is 9.10. The lowest BCUT2D eigenvalue weighted by atomic mass is 10.2. The molecule has 2 amide bonds. The number of nitrogens with one attached hydrogen (secondary N) is 2. The van der Waals surface area contributed by atoms with E-state index < -0.39 is 0 Å². The van der Waals surface area contributed by atoms with Crippen LogP contribution in [0.2, 0.25) is 0 Å². The van der Waals surface area contributed by atoms with Crippen LogP contribution >= 0.6 is 15.9 Å². The number of nitrogens with zero attached hydrogens (tertiary/aromatic N) is 1. The molecule has 1 aromatic rings. The lowest BCUT2D eigenvalue weighted by Crippen LogP contribution is -2.51. The number of carbonyl (C=O) groups is 2. The third-order valence-corrected chi connectivity index (χ3v) is 3.46. The highest BCUT2D eigenvalue weighted by atomic mass is 79.9. The van der Waals surface area contributed by atoms with Gasteiger partial charge in [0, 0.05) is 16.7 Å². The fourth-order valence-corrected chi connectivity index (χ4v) is 2.39. The summed E-state index contributed by atoms with van der Waals surface area (Å²) in [5.41, 5.74) is 2.00. The van der Waals surface area contributed by atoms with Crippen molar-refractivity contribution in [1.29, 1.82) is 0 Å². The lowest BCUT2D eigenvalue weighted by molar-refractivity contribution is -0.130. The second-order valence-corrected chi connectivity index (χ2v) is 4.99. The fraction of sp³-hybridized carbons (Fsp3) is 0.333. The van der Waals surface area contributed by atoms with E-state index in [0.717, 1.165) is 22.3 Å². The summed E-state index contributed by atoms with van der Waals surface area (Å²) in [4.78, 5) is 24.4. The highest BCUT2D eigenvalue weighted by Crippen LogP contribution is 2.24. The second kappa shape index (κ2) is 5.49. The van der Waals surface area contributed by atoms with E-state index in [1.807, 2.05) is 25.2 Å². The van der Waals surface area contributed by atoms with E-state index in [9.17, 15) is 9.59 Å². The van der Waals surface area contributed by atoms with Crippen LogP contribution in [-0.2, 0) is 16.1 Å². The van der Waals surface area contributed by atoms with Crippen LogP contribution in [0.15, 0.2) is 22.7 Å². The van der Waals surface area contributed by atoms with Crippen molar-refractivity contribution < 1.29 is 9.59 Å². The Morgan fingerprint density at radius 2 is 2.00 bits per heavy atom. The number of rotatable bonds is 3. The van der Waals surface area contributed by atoms with Crippen LogP contribution in [0.1, 0.15) is 5.56 Å². The van der Waals surface area contributed by atoms with Crippen molar-refractivity contribution in [2.24, 2.45) is 0 Å². The summed E-state index contributed by atoms with van der Waals surface area (Å²) in [6.45, 7) is 1.19. The van der Waals surface area contributed by atoms with Crippen molar-refractivity contribution in [2.75, 3.05) is 25.0 Å². The maximum atomic E-state index is 11.3. The van der Waals surface area contributed by atoms with Crippen LogP contribution in [0.4, 0.5) is 5.69 Å². The maximum absolute atomic E-state index is 11.3. The molecule has 0 atom stereocenters. The van der Waals surface area contributed by atoms with Gasteiger partial charge in [-0.3, -0.25) is 14.9 Å². The van der Waals surface area contributed by atoms with Crippen LogP contribution in [0.25, 0.3) is 0 Å². The van der Waals surface area contributed by atoms with Crippen molar-refractivity contribution in [3.05, 3.63) is 28.2 Å². The molecule has 0 unspecified atom stereocenters. The number of hydrogen-bond donors (Lipinski definition) is 2. The number of imide groups is 1. The van der Waals surface area contributed by atoms with Crippen LogP contribution in [0.3, 0.4) is 0 Å². The van der Waals surface area contributed by atoms with E-state index in [4.69, 9.17) is 0 Å². The molecule has 0 radical (unpaired) electrons. The molecule has 2 rings (SSSR count). The van der Waals surface area contributed by atoms with Crippen molar-refractivity contribution in [3.8, 4) is 0 Å². The van der Waals surface area contributed by atoms with Gasteiger partial charge in [-0.1, -0.05) is 22.0 Å². The molecule has 6 heteroatoms. The number of benzene rings is 1. The highest BCUT2D eigenvalue weighted by Gasteiger charge is 2.22. The molecule has 0 saturated carbocycles. The quantitative estimate of drug-likeness (QED) is 0.804. The second-order valence-electron chi connectivity index (χ2n) is 4.13. The first kappa shape index (κ1) is 13.0. The molecule has 1 aliphatic heterocycles. The van der Waals surface area contributed by atoms with Crippen molar-refractivity contribution >= 4 is 33.4 Å². The molecular formula is C12H14BrN3O2. The maximum Gasteiger partial charge on any atom is 0.246 e. The molecule has 5 nitrogen and oxygen atoms in total. The summed E-state index contributed by atoms with van der Waals surface area (Å²) >= 11 is 3.49. The fourth-order valence-electron chi connectivity index (χ4n) is 1.89. The third-order valence-electron chi connectivity index (χ3n) is 2.72. The molecule has 96 valence electrons. The van der Waals surface area contributed by atoms with Crippen LogP contribution < -0.4 is 15.5 Å². The molecule has 1 heterocycles. The molecule has 0 aliphatic carbocycles. The molecule has 1 saturated heterocycles. The van der Waals surface area contributed by atoms with Crippen LogP contribution in [-0.4, -0.2) is 32.0 Å². The minimum Gasteiger partial charge on any atom is -0.353 e. The Bertz CT molecular complexity index is 474. The summed E-state index contributed by atoms with van der Waals surface area (Å²) < 4.78 is 0.966. The minimum absolute atomic E-state index is 0.212.